The Labute approximate surface area is 80.8 Å². The summed E-state index contributed by atoms with van der Waals surface area (Å²) in [5.41, 5.74) is 5.43. The molecule has 13 heavy (non-hydrogen) atoms. The van der Waals surface area contributed by atoms with Gasteiger partial charge in [0.2, 0.25) is 0 Å². The number of rotatable bonds is 5. The highest BCUT2D eigenvalue weighted by atomic mass is 15.1. The molecule has 0 radical (unpaired) electrons. The number of amidine groups is 1. The Hall–Kier alpha value is -0.570. The van der Waals surface area contributed by atoms with Crippen LogP contribution in [0.4, 0.5) is 0 Å². The van der Waals surface area contributed by atoms with Gasteiger partial charge in [0.25, 0.3) is 0 Å². The fourth-order valence-electron chi connectivity index (χ4n) is 1.64. The van der Waals surface area contributed by atoms with Crippen molar-refractivity contribution < 1.29 is 0 Å². The van der Waals surface area contributed by atoms with E-state index >= 15 is 0 Å². The summed E-state index contributed by atoms with van der Waals surface area (Å²) in [5, 5.41) is 7.31. The average Bonchev–Trinajstić information content (AvgIpc) is 2.85. The van der Waals surface area contributed by atoms with E-state index in [0.717, 1.165) is 12.5 Å². The Morgan fingerprint density at radius 2 is 2.08 bits per heavy atom. The lowest BCUT2D eigenvalue weighted by molar-refractivity contribution is 0.222. The molecular weight excluding hydrogens is 162 g/mol. The van der Waals surface area contributed by atoms with E-state index in [-0.39, 0.29) is 5.92 Å². The van der Waals surface area contributed by atoms with Gasteiger partial charge in [-0.1, -0.05) is 6.92 Å². The fourth-order valence-corrected chi connectivity index (χ4v) is 1.64. The molecule has 2 atom stereocenters. The van der Waals surface area contributed by atoms with Crippen LogP contribution >= 0.6 is 0 Å². The Morgan fingerprint density at radius 1 is 1.54 bits per heavy atom. The maximum atomic E-state index is 7.31. The standard InChI is InChI=1S/C10H21N3/c1-7(10(11)12)6-13(3)8(2)9-4-5-9/h7-9H,4-6H2,1-3H3,(H3,11,12). The van der Waals surface area contributed by atoms with Gasteiger partial charge in [0.15, 0.2) is 0 Å². The van der Waals surface area contributed by atoms with Gasteiger partial charge >= 0.3 is 0 Å². The largest absolute Gasteiger partial charge is 0.387 e. The monoisotopic (exact) mass is 183 g/mol. The van der Waals surface area contributed by atoms with Gasteiger partial charge in [-0.05, 0) is 32.7 Å². The molecule has 0 aromatic carbocycles. The number of nitrogens with zero attached hydrogens (tertiary/aromatic N) is 1. The van der Waals surface area contributed by atoms with Gasteiger partial charge in [0.1, 0.15) is 0 Å². The average molecular weight is 183 g/mol. The van der Waals surface area contributed by atoms with E-state index in [1.165, 1.54) is 12.8 Å². The number of nitrogens with two attached hydrogens (primary N) is 1. The van der Waals surface area contributed by atoms with Crippen molar-refractivity contribution in [3.05, 3.63) is 0 Å². The molecule has 0 heterocycles. The van der Waals surface area contributed by atoms with Crippen molar-refractivity contribution in [2.24, 2.45) is 17.6 Å². The molecule has 0 aromatic rings. The molecule has 0 bridgehead atoms. The van der Waals surface area contributed by atoms with Crippen LogP contribution in [-0.2, 0) is 0 Å². The normalized spacial score (nSPS) is 21.5. The van der Waals surface area contributed by atoms with Gasteiger partial charge in [-0.2, -0.15) is 0 Å². The first-order valence-corrected chi connectivity index (χ1v) is 5.06. The van der Waals surface area contributed by atoms with E-state index in [0.29, 0.717) is 11.9 Å². The maximum absolute atomic E-state index is 7.31. The molecule has 3 nitrogen and oxygen atoms in total. The quantitative estimate of drug-likeness (QED) is 0.498. The van der Waals surface area contributed by atoms with Crippen LogP contribution in [0.25, 0.3) is 0 Å². The zero-order valence-electron chi connectivity index (χ0n) is 8.88. The molecule has 1 aliphatic rings. The first-order chi connectivity index (χ1) is 6.02. The Kier molecular flexibility index (Phi) is 3.31. The predicted octanol–water partition coefficient (Wildman–Crippen LogP) is 1.29. The van der Waals surface area contributed by atoms with Gasteiger partial charge in [-0.3, -0.25) is 5.41 Å². The highest BCUT2D eigenvalue weighted by Gasteiger charge is 2.30. The fraction of sp³-hybridized carbons (Fsp3) is 0.900. The molecule has 1 saturated carbocycles. The number of hydrogen-bond acceptors (Lipinski definition) is 2. The highest BCUT2D eigenvalue weighted by Crippen LogP contribution is 2.34. The summed E-state index contributed by atoms with van der Waals surface area (Å²) in [6.07, 6.45) is 2.75. The van der Waals surface area contributed by atoms with E-state index < -0.39 is 0 Å². The van der Waals surface area contributed by atoms with Crippen molar-refractivity contribution in [3.63, 3.8) is 0 Å². The van der Waals surface area contributed by atoms with Crippen molar-refractivity contribution in [1.82, 2.24) is 4.90 Å². The number of nitrogens with one attached hydrogen (secondary N) is 1. The highest BCUT2D eigenvalue weighted by molar-refractivity contribution is 5.79. The molecule has 0 amide bonds. The van der Waals surface area contributed by atoms with Crippen LogP contribution in [0.1, 0.15) is 26.7 Å². The molecule has 3 N–H and O–H groups in total. The molecule has 0 aromatic heterocycles. The van der Waals surface area contributed by atoms with E-state index in [1.54, 1.807) is 0 Å². The number of hydrogen-bond donors (Lipinski definition) is 2. The molecule has 1 rings (SSSR count). The van der Waals surface area contributed by atoms with Crippen LogP contribution in [-0.4, -0.2) is 30.4 Å². The molecule has 0 saturated heterocycles. The van der Waals surface area contributed by atoms with Crippen LogP contribution in [0, 0.1) is 17.2 Å². The second kappa shape index (κ2) is 4.09. The second-order valence-electron chi connectivity index (χ2n) is 4.37. The molecule has 76 valence electrons. The van der Waals surface area contributed by atoms with Gasteiger partial charge in [-0.25, -0.2) is 0 Å². The molecule has 0 spiro atoms. The van der Waals surface area contributed by atoms with Gasteiger partial charge in [0, 0.05) is 18.5 Å². The van der Waals surface area contributed by atoms with Crippen molar-refractivity contribution >= 4 is 5.84 Å². The lowest BCUT2D eigenvalue weighted by Gasteiger charge is -2.27. The molecule has 2 unspecified atom stereocenters. The Bertz CT molecular complexity index is 187. The van der Waals surface area contributed by atoms with E-state index in [4.69, 9.17) is 11.1 Å². The summed E-state index contributed by atoms with van der Waals surface area (Å²) in [6, 6.07) is 0.654. The first kappa shape index (κ1) is 10.5. The molecule has 1 fully saturated rings. The molecule has 3 heteroatoms. The summed E-state index contributed by atoms with van der Waals surface area (Å²) in [7, 11) is 2.13. The Balaban J connectivity index is 2.30. The second-order valence-corrected chi connectivity index (χ2v) is 4.37. The van der Waals surface area contributed by atoms with Gasteiger partial charge in [0.05, 0.1) is 5.84 Å². The third kappa shape index (κ3) is 2.99. The minimum absolute atomic E-state index is 0.186. The van der Waals surface area contributed by atoms with E-state index in [1.807, 2.05) is 6.92 Å². The zero-order chi connectivity index (χ0) is 10.0. The maximum Gasteiger partial charge on any atom is 0.0947 e. The third-order valence-electron chi connectivity index (χ3n) is 3.09. The summed E-state index contributed by atoms with van der Waals surface area (Å²) in [5.74, 6) is 1.38. The van der Waals surface area contributed by atoms with E-state index in [9.17, 15) is 0 Å². The lowest BCUT2D eigenvalue weighted by atomic mass is 10.1. The van der Waals surface area contributed by atoms with Gasteiger partial charge in [-0.15, -0.1) is 0 Å². The van der Waals surface area contributed by atoms with Crippen molar-refractivity contribution in [2.45, 2.75) is 32.7 Å². The molecule has 0 aliphatic heterocycles. The van der Waals surface area contributed by atoms with Crippen LogP contribution in [0.3, 0.4) is 0 Å². The smallest absolute Gasteiger partial charge is 0.0947 e. The molecular formula is C10H21N3. The minimum Gasteiger partial charge on any atom is -0.387 e. The van der Waals surface area contributed by atoms with Crippen LogP contribution in [0.5, 0.6) is 0 Å². The lowest BCUT2D eigenvalue weighted by Crippen LogP contribution is -2.38. The SMILES string of the molecule is CC(CN(C)C(C)C1CC1)C(=N)N. The van der Waals surface area contributed by atoms with Crippen LogP contribution < -0.4 is 5.73 Å². The summed E-state index contributed by atoms with van der Waals surface area (Å²) in [4.78, 5) is 2.32. The zero-order valence-corrected chi connectivity index (χ0v) is 8.88. The predicted molar refractivity (Wildman–Crippen MR) is 55.9 cm³/mol. The van der Waals surface area contributed by atoms with Crippen molar-refractivity contribution in [1.29, 1.82) is 5.41 Å². The summed E-state index contributed by atoms with van der Waals surface area (Å²) < 4.78 is 0. The van der Waals surface area contributed by atoms with Gasteiger partial charge < -0.3 is 10.6 Å². The van der Waals surface area contributed by atoms with Crippen LogP contribution in [0.15, 0.2) is 0 Å². The topological polar surface area (TPSA) is 53.1 Å². The molecule has 1 aliphatic carbocycles. The Morgan fingerprint density at radius 3 is 2.46 bits per heavy atom. The first-order valence-electron chi connectivity index (χ1n) is 5.06. The summed E-state index contributed by atoms with van der Waals surface area (Å²) >= 11 is 0. The van der Waals surface area contributed by atoms with Crippen molar-refractivity contribution in [3.8, 4) is 0 Å². The summed E-state index contributed by atoms with van der Waals surface area (Å²) in [6.45, 7) is 5.19. The third-order valence-corrected chi connectivity index (χ3v) is 3.09. The van der Waals surface area contributed by atoms with E-state index in [2.05, 4.69) is 18.9 Å². The minimum atomic E-state index is 0.186. The van der Waals surface area contributed by atoms with Crippen molar-refractivity contribution in [2.75, 3.05) is 13.6 Å². The van der Waals surface area contributed by atoms with Crippen LogP contribution in [0.2, 0.25) is 0 Å².